The van der Waals surface area contributed by atoms with Crippen molar-refractivity contribution in [2.75, 3.05) is 0 Å². The first-order chi connectivity index (χ1) is 10.1. The summed E-state index contributed by atoms with van der Waals surface area (Å²) in [6.45, 7) is 13.5. The summed E-state index contributed by atoms with van der Waals surface area (Å²) in [7, 11) is 6.31. The number of nitrogens with zero attached hydrogens (tertiary/aromatic N) is 1. The van der Waals surface area contributed by atoms with Crippen LogP contribution in [0.15, 0.2) is 36.4 Å². The zero-order valence-corrected chi connectivity index (χ0v) is 14.5. The lowest BCUT2D eigenvalue weighted by molar-refractivity contribution is 0.590. The van der Waals surface area contributed by atoms with Crippen LogP contribution >= 0.6 is 0 Å². The van der Waals surface area contributed by atoms with Gasteiger partial charge in [-0.15, -0.1) is 0 Å². The second-order valence-electron chi connectivity index (χ2n) is 8.33. The molecule has 0 bridgehead atoms. The summed E-state index contributed by atoms with van der Waals surface area (Å²) in [5, 5.41) is 2.49. The predicted octanol–water partition coefficient (Wildman–Crippen LogP) is 5.91. The standard InChI is InChI=1S/C21H25N/c1-20(2,3)14-8-10-18-16(12-14)17-13-15(21(4,5)6)9-11-19(17)22(18)7/h7-13H,1-6H3. The number of aromatic nitrogens is 1. The molecule has 1 heteroatoms. The van der Waals surface area contributed by atoms with Crippen molar-refractivity contribution in [3.8, 4) is 0 Å². The van der Waals surface area contributed by atoms with Gasteiger partial charge in [0.15, 0.2) is 0 Å². The Hall–Kier alpha value is -1.76. The molecule has 0 saturated heterocycles. The monoisotopic (exact) mass is 291 g/mol. The Labute approximate surface area is 133 Å². The van der Waals surface area contributed by atoms with E-state index < -0.39 is 0 Å². The van der Waals surface area contributed by atoms with E-state index in [-0.39, 0.29) is 10.8 Å². The zero-order valence-electron chi connectivity index (χ0n) is 14.5. The smallest absolute Gasteiger partial charge is 0.0799 e. The van der Waals surface area contributed by atoms with Crippen LogP contribution in [0.25, 0.3) is 21.8 Å². The third kappa shape index (κ3) is 2.33. The van der Waals surface area contributed by atoms with Crippen molar-refractivity contribution in [3.05, 3.63) is 54.6 Å². The first-order valence-corrected chi connectivity index (χ1v) is 7.93. The van der Waals surface area contributed by atoms with Gasteiger partial charge in [-0.05, 0) is 46.2 Å². The number of hydrogen-bond acceptors (Lipinski definition) is 0. The lowest BCUT2D eigenvalue weighted by Crippen LogP contribution is -2.10. The molecule has 1 aromatic heterocycles. The fourth-order valence-corrected chi connectivity index (χ4v) is 2.99. The Balaban J connectivity index is 2.38. The van der Waals surface area contributed by atoms with Gasteiger partial charge in [-0.25, -0.2) is 0 Å². The van der Waals surface area contributed by atoms with E-state index in [0.717, 1.165) is 11.0 Å². The summed E-state index contributed by atoms with van der Waals surface area (Å²) in [6, 6.07) is 13.3. The highest BCUT2D eigenvalue weighted by atomic mass is 14.9. The van der Waals surface area contributed by atoms with Crippen molar-refractivity contribution < 1.29 is 0 Å². The minimum atomic E-state index is 0.138. The van der Waals surface area contributed by atoms with Crippen molar-refractivity contribution >= 4 is 21.8 Å². The molecule has 0 aliphatic carbocycles. The second kappa shape index (κ2) is 4.62. The summed E-state index contributed by atoms with van der Waals surface area (Å²) in [5.41, 5.74) is 5.14. The number of benzene rings is 2. The molecule has 0 saturated carbocycles. The van der Waals surface area contributed by atoms with Gasteiger partial charge in [-0.3, -0.25) is 0 Å². The van der Waals surface area contributed by atoms with Gasteiger partial charge in [0.2, 0.25) is 0 Å². The highest BCUT2D eigenvalue weighted by Gasteiger charge is 2.19. The predicted molar refractivity (Wildman–Crippen MR) is 96.5 cm³/mol. The summed E-state index contributed by atoms with van der Waals surface area (Å²) in [5.74, 6) is 0. The van der Waals surface area contributed by atoms with Gasteiger partial charge in [-0.1, -0.05) is 53.7 Å². The van der Waals surface area contributed by atoms with Crippen LogP contribution in [-0.2, 0) is 10.8 Å². The maximum absolute atomic E-state index is 6.31. The zero-order chi connectivity index (χ0) is 16.3. The summed E-state index contributed by atoms with van der Waals surface area (Å²) >= 11 is 0. The molecule has 22 heavy (non-hydrogen) atoms. The SMILES string of the molecule is [CH]n1c2ccc(C(C)(C)C)cc2c2cc(C(C)(C)C)ccc21. The fourth-order valence-electron chi connectivity index (χ4n) is 2.99. The number of hydrogen-bond donors (Lipinski definition) is 0. The largest absolute Gasteiger partial charge is 0.333 e. The van der Waals surface area contributed by atoms with Gasteiger partial charge >= 0.3 is 0 Å². The first kappa shape index (κ1) is 15.1. The molecular weight excluding hydrogens is 266 g/mol. The van der Waals surface area contributed by atoms with Gasteiger partial charge in [0.25, 0.3) is 0 Å². The van der Waals surface area contributed by atoms with E-state index in [0.29, 0.717) is 0 Å². The molecule has 0 aliphatic heterocycles. The highest BCUT2D eigenvalue weighted by molar-refractivity contribution is 6.08. The molecule has 114 valence electrons. The summed E-state index contributed by atoms with van der Waals surface area (Å²) in [4.78, 5) is 0. The average Bonchev–Trinajstić information content (AvgIpc) is 2.70. The van der Waals surface area contributed by atoms with Crippen molar-refractivity contribution in [1.29, 1.82) is 0 Å². The molecule has 1 nitrogen and oxygen atoms in total. The quantitative estimate of drug-likeness (QED) is 0.485. The molecular formula is C21H25N. The van der Waals surface area contributed by atoms with E-state index in [1.165, 1.54) is 21.9 Å². The van der Waals surface area contributed by atoms with Crippen LogP contribution in [0.1, 0.15) is 52.7 Å². The third-order valence-corrected chi connectivity index (χ3v) is 4.53. The molecule has 3 aromatic rings. The molecule has 0 N–H and O–H groups in total. The Kier molecular flexibility index (Phi) is 3.18. The van der Waals surface area contributed by atoms with E-state index in [1.54, 1.807) is 0 Å². The maximum Gasteiger partial charge on any atom is 0.0799 e. The van der Waals surface area contributed by atoms with Gasteiger partial charge in [0, 0.05) is 21.8 Å². The Bertz CT molecular complexity index is 780. The molecule has 0 aliphatic rings. The summed E-state index contributed by atoms with van der Waals surface area (Å²) in [6.07, 6.45) is 0. The topological polar surface area (TPSA) is 4.93 Å². The normalized spacial score (nSPS) is 13.2. The van der Waals surface area contributed by atoms with Crippen LogP contribution in [0.2, 0.25) is 0 Å². The van der Waals surface area contributed by atoms with Crippen LogP contribution in [0, 0.1) is 7.05 Å². The minimum Gasteiger partial charge on any atom is -0.333 e. The number of fused-ring (bicyclic) bond motifs is 3. The second-order valence-corrected chi connectivity index (χ2v) is 8.33. The average molecular weight is 291 g/mol. The van der Waals surface area contributed by atoms with E-state index >= 15 is 0 Å². The van der Waals surface area contributed by atoms with Gasteiger partial charge < -0.3 is 4.57 Å². The Morgan fingerprint density at radius 1 is 0.682 bits per heavy atom. The van der Waals surface area contributed by atoms with Crippen molar-refractivity contribution in [1.82, 2.24) is 4.57 Å². The van der Waals surface area contributed by atoms with Crippen LogP contribution in [0.5, 0.6) is 0 Å². The van der Waals surface area contributed by atoms with Crippen LogP contribution < -0.4 is 0 Å². The van der Waals surface area contributed by atoms with E-state index in [2.05, 4.69) is 77.9 Å². The lowest BCUT2D eigenvalue weighted by Gasteiger charge is -2.19. The van der Waals surface area contributed by atoms with E-state index in [1.807, 2.05) is 4.57 Å². The van der Waals surface area contributed by atoms with Crippen molar-refractivity contribution in [2.45, 2.75) is 52.4 Å². The van der Waals surface area contributed by atoms with Crippen LogP contribution in [-0.4, -0.2) is 4.57 Å². The van der Waals surface area contributed by atoms with Crippen LogP contribution in [0.4, 0.5) is 0 Å². The molecule has 0 fully saturated rings. The molecule has 0 amide bonds. The third-order valence-electron chi connectivity index (χ3n) is 4.53. The fraction of sp³-hybridized carbons (Fsp3) is 0.381. The maximum atomic E-state index is 6.31. The van der Waals surface area contributed by atoms with Gasteiger partial charge in [0.05, 0.1) is 7.05 Å². The molecule has 2 radical (unpaired) electrons. The molecule has 2 aromatic carbocycles. The Morgan fingerprint density at radius 2 is 1.05 bits per heavy atom. The van der Waals surface area contributed by atoms with Gasteiger partial charge in [-0.2, -0.15) is 0 Å². The van der Waals surface area contributed by atoms with E-state index in [9.17, 15) is 0 Å². The highest BCUT2D eigenvalue weighted by Crippen LogP contribution is 2.35. The molecule has 0 atom stereocenters. The van der Waals surface area contributed by atoms with Crippen molar-refractivity contribution in [2.24, 2.45) is 0 Å². The first-order valence-electron chi connectivity index (χ1n) is 7.93. The van der Waals surface area contributed by atoms with Gasteiger partial charge in [0.1, 0.15) is 0 Å². The van der Waals surface area contributed by atoms with Crippen molar-refractivity contribution in [3.63, 3.8) is 0 Å². The molecule has 0 unspecified atom stereocenters. The Morgan fingerprint density at radius 3 is 1.36 bits per heavy atom. The lowest BCUT2D eigenvalue weighted by atomic mass is 9.85. The molecule has 1 heterocycles. The molecule has 0 spiro atoms. The summed E-state index contributed by atoms with van der Waals surface area (Å²) < 4.78 is 1.81. The van der Waals surface area contributed by atoms with E-state index in [4.69, 9.17) is 7.05 Å². The van der Waals surface area contributed by atoms with Crippen LogP contribution in [0.3, 0.4) is 0 Å². The molecule has 3 rings (SSSR count). The number of rotatable bonds is 0. The minimum absolute atomic E-state index is 0.138.